The van der Waals surface area contributed by atoms with Crippen molar-refractivity contribution in [2.24, 2.45) is 11.5 Å². The van der Waals surface area contributed by atoms with Gasteiger partial charge in [-0.2, -0.15) is 0 Å². The number of carboxylic acids is 1. The predicted molar refractivity (Wildman–Crippen MR) is 96.4 cm³/mol. The lowest BCUT2D eigenvalue weighted by atomic mass is 10.1. The van der Waals surface area contributed by atoms with E-state index in [1.165, 1.54) is 24.5 Å². The van der Waals surface area contributed by atoms with Crippen LogP contribution >= 0.6 is 0 Å². The van der Waals surface area contributed by atoms with E-state index in [9.17, 15) is 24.3 Å². The van der Waals surface area contributed by atoms with E-state index in [2.05, 4.69) is 15.6 Å². The molecule has 1 aromatic heterocycles. The van der Waals surface area contributed by atoms with Crippen LogP contribution in [0.5, 0.6) is 0 Å². The molecule has 0 spiro atoms. The van der Waals surface area contributed by atoms with Crippen molar-refractivity contribution < 1.29 is 24.3 Å². The number of imide groups is 1. The minimum atomic E-state index is -1.28. The predicted octanol–water partition coefficient (Wildman–Crippen LogP) is -0.856. The number of carbonyl (C=O) groups excluding carboxylic acids is 3. The number of aliphatic carboxylic acids is 1. The molecule has 0 aliphatic carbocycles. The quantitative estimate of drug-likeness (QED) is 0.308. The lowest BCUT2D eigenvalue weighted by molar-refractivity contribution is -0.139. The van der Waals surface area contributed by atoms with Crippen LogP contribution in [0, 0.1) is 0 Å². The lowest BCUT2D eigenvalue weighted by Crippen LogP contribution is -2.45. The molecule has 0 fully saturated rings. The van der Waals surface area contributed by atoms with Crippen molar-refractivity contribution in [3.8, 4) is 0 Å². The normalized spacial score (nSPS) is 12.7. The summed E-state index contributed by atoms with van der Waals surface area (Å²) in [6.45, 7) is 0.495. The summed E-state index contributed by atoms with van der Waals surface area (Å²) in [7, 11) is 0. The van der Waals surface area contributed by atoms with E-state index in [1.807, 2.05) is 0 Å². The Morgan fingerprint density at radius 3 is 2.37 bits per heavy atom. The summed E-state index contributed by atoms with van der Waals surface area (Å²) in [5, 5.41) is 13.7. The molecule has 0 saturated heterocycles. The van der Waals surface area contributed by atoms with E-state index in [4.69, 9.17) is 11.5 Å². The second-order valence-electron chi connectivity index (χ2n) is 5.94. The van der Waals surface area contributed by atoms with Crippen LogP contribution in [0.25, 0.3) is 0 Å². The van der Waals surface area contributed by atoms with Crippen LogP contribution in [-0.2, 0) is 14.4 Å². The van der Waals surface area contributed by atoms with Gasteiger partial charge in [0.25, 0.3) is 5.91 Å². The molecule has 3 amide bonds. The second-order valence-corrected chi connectivity index (χ2v) is 5.94. The molecule has 10 nitrogen and oxygen atoms in total. The first-order chi connectivity index (χ1) is 12.8. The highest BCUT2D eigenvalue weighted by Gasteiger charge is 2.23. The first-order valence-electron chi connectivity index (χ1n) is 8.58. The van der Waals surface area contributed by atoms with Crippen molar-refractivity contribution in [2.45, 2.75) is 44.2 Å². The summed E-state index contributed by atoms with van der Waals surface area (Å²) >= 11 is 0. The lowest BCUT2D eigenvalue weighted by Gasteiger charge is -2.15. The summed E-state index contributed by atoms with van der Waals surface area (Å²) in [6, 6.07) is 0.768. The molecule has 2 atom stereocenters. The van der Waals surface area contributed by atoms with Crippen LogP contribution in [0.1, 0.15) is 42.5 Å². The molecule has 1 aromatic rings. The zero-order chi connectivity index (χ0) is 20.2. The van der Waals surface area contributed by atoms with Crippen molar-refractivity contribution in [1.82, 2.24) is 15.6 Å². The van der Waals surface area contributed by atoms with E-state index in [1.54, 1.807) is 0 Å². The van der Waals surface area contributed by atoms with Crippen molar-refractivity contribution in [3.63, 3.8) is 0 Å². The van der Waals surface area contributed by atoms with Gasteiger partial charge in [-0.1, -0.05) is 6.42 Å². The van der Waals surface area contributed by atoms with Crippen molar-refractivity contribution in [2.75, 3.05) is 6.54 Å². The number of nitrogens with two attached hydrogens (primary N) is 2. The number of hydrogen-bond acceptors (Lipinski definition) is 7. The molecule has 0 aliphatic rings. The third kappa shape index (κ3) is 8.38. The number of aromatic nitrogens is 1. The fourth-order valence-corrected chi connectivity index (χ4v) is 2.21. The molecule has 1 rings (SSSR count). The molecule has 0 unspecified atom stereocenters. The van der Waals surface area contributed by atoms with Crippen LogP contribution in [0.15, 0.2) is 24.5 Å². The van der Waals surface area contributed by atoms with Gasteiger partial charge in [-0.25, -0.2) is 4.79 Å². The fraction of sp³-hybridized carbons (Fsp3) is 0.471. The Hall–Kier alpha value is -2.85. The number of carbonyl (C=O) groups is 4. The highest BCUT2D eigenvalue weighted by molar-refractivity contribution is 5.98. The van der Waals surface area contributed by atoms with E-state index in [0.29, 0.717) is 19.4 Å². The topological polar surface area (TPSA) is 177 Å². The molecule has 0 radical (unpaired) electrons. The number of unbranched alkanes of at least 4 members (excludes halogenated alkanes) is 1. The van der Waals surface area contributed by atoms with Gasteiger partial charge in [-0.15, -0.1) is 0 Å². The molecule has 1 heterocycles. The average Bonchev–Trinajstić information content (AvgIpc) is 2.65. The van der Waals surface area contributed by atoms with Crippen LogP contribution in [0.4, 0.5) is 0 Å². The Balaban J connectivity index is 2.47. The van der Waals surface area contributed by atoms with Gasteiger partial charge < -0.3 is 21.9 Å². The standard InChI is InChI=1S/C17H25N5O5/c18-8-2-1-3-12(19)16(25)22-14(23)5-4-13(17(26)27)21-15(24)11-6-9-20-10-7-11/h6-7,9-10,12-13H,1-5,8,18-19H2,(H,21,24)(H,26,27)(H,22,23,25)/t12-,13-/m0/s1. The minimum Gasteiger partial charge on any atom is -0.480 e. The van der Waals surface area contributed by atoms with E-state index < -0.39 is 35.8 Å². The van der Waals surface area contributed by atoms with Crippen molar-refractivity contribution in [1.29, 1.82) is 0 Å². The summed E-state index contributed by atoms with van der Waals surface area (Å²) in [6.07, 6.45) is 4.17. The molecular weight excluding hydrogens is 354 g/mol. The van der Waals surface area contributed by atoms with Crippen LogP contribution in [0.2, 0.25) is 0 Å². The van der Waals surface area contributed by atoms with Gasteiger partial charge in [0.2, 0.25) is 11.8 Å². The van der Waals surface area contributed by atoms with Gasteiger partial charge in [-0.3, -0.25) is 24.7 Å². The smallest absolute Gasteiger partial charge is 0.326 e. The maximum atomic E-state index is 12.0. The number of rotatable bonds is 11. The molecular formula is C17H25N5O5. The SMILES string of the molecule is NCCCC[C@H](N)C(=O)NC(=O)CC[C@H](NC(=O)c1ccncc1)C(=O)O. The van der Waals surface area contributed by atoms with Crippen LogP contribution in [-0.4, -0.2) is 52.4 Å². The van der Waals surface area contributed by atoms with Gasteiger partial charge in [0.15, 0.2) is 0 Å². The van der Waals surface area contributed by atoms with Gasteiger partial charge in [0.1, 0.15) is 6.04 Å². The molecule has 0 bridgehead atoms. The number of nitrogens with one attached hydrogen (secondary N) is 2. The molecule has 27 heavy (non-hydrogen) atoms. The Bertz CT molecular complexity index is 652. The second kappa shape index (κ2) is 11.7. The zero-order valence-corrected chi connectivity index (χ0v) is 14.9. The maximum absolute atomic E-state index is 12.0. The summed E-state index contributed by atoms with van der Waals surface area (Å²) < 4.78 is 0. The van der Waals surface area contributed by atoms with Crippen molar-refractivity contribution >= 4 is 23.7 Å². The largest absolute Gasteiger partial charge is 0.480 e. The first kappa shape index (κ1) is 22.2. The van der Waals surface area contributed by atoms with E-state index >= 15 is 0 Å². The van der Waals surface area contributed by atoms with Gasteiger partial charge >= 0.3 is 5.97 Å². The molecule has 0 saturated carbocycles. The Labute approximate surface area is 156 Å². The molecule has 10 heteroatoms. The molecule has 0 aromatic carbocycles. The zero-order valence-electron chi connectivity index (χ0n) is 14.9. The molecule has 148 valence electrons. The molecule has 7 N–H and O–H groups in total. The Kier molecular flexibility index (Phi) is 9.62. The Morgan fingerprint density at radius 2 is 1.78 bits per heavy atom. The minimum absolute atomic E-state index is 0.173. The number of amides is 3. The fourth-order valence-electron chi connectivity index (χ4n) is 2.21. The number of hydrogen-bond donors (Lipinski definition) is 5. The third-order valence-electron chi connectivity index (χ3n) is 3.77. The monoisotopic (exact) mass is 379 g/mol. The number of carboxylic acid groups (broad SMARTS) is 1. The highest BCUT2D eigenvalue weighted by Crippen LogP contribution is 2.03. The summed E-state index contributed by atoms with van der Waals surface area (Å²) in [4.78, 5) is 50.7. The van der Waals surface area contributed by atoms with E-state index in [0.717, 1.165) is 6.42 Å². The first-order valence-corrected chi connectivity index (χ1v) is 8.58. The van der Waals surface area contributed by atoms with Crippen LogP contribution in [0.3, 0.4) is 0 Å². The van der Waals surface area contributed by atoms with Gasteiger partial charge in [0, 0.05) is 24.4 Å². The maximum Gasteiger partial charge on any atom is 0.326 e. The van der Waals surface area contributed by atoms with Crippen LogP contribution < -0.4 is 22.1 Å². The molecule has 0 aliphatic heterocycles. The van der Waals surface area contributed by atoms with E-state index in [-0.39, 0.29) is 18.4 Å². The Morgan fingerprint density at radius 1 is 1.11 bits per heavy atom. The summed E-state index contributed by atoms with van der Waals surface area (Å²) in [5.41, 5.74) is 11.3. The number of pyridine rings is 1. The number of nitrogens with zero attached hydrogens (tertiary/aromatic N) is 1. The summed E-state index contributed by atoms with van der Waals surface area (Å²) in [5.74, 6) is -3.15. The average molecular weight is 379 g/mol. The highest BCUT2D eigenvalue weighted by atomic mass is 16.4. The van der Waals surface area contributed by atoms with Gasteiger partial charge in [-0.05, 0) is 37.9 Å². The third-order valence-corrected chi connectivity index (χ3v) is 3.77. The van der Waals surface area contributed by atoms with Crippen molar-refractivity contribution in [3.05, 3.63) is 30.1 Å². The van der Waals surface area contributed by atoms with Gasteiger partial charge in [0.05, 0.1) is 6.04 Å².